The van der Waals surface area contributed by atoms with E-state index in [9.17, 15) is 4.79 Å². The van der Waals surface area contributed by atoms with Crippen molar-refractivity contribution in [1.29, 1.82) is 0 Å². The van der Waals surface area contributed by atoms with Crippen molar-refractivity contribution in [2.75, 3.05) is 6.61 Å². The van der Waals surface area contributed by atoms with Crippen molar-refractivity contribution in [2.45, 2.75) is 40.5 Å². The Morgan fingerprint density at radius 3 is 2.56 bits per heavy atom. The Balaban J connectivity index is 2.86. The van der Waals surface area contributed by atoms with E-state index >= 15 is 0 Å². The van der Waals surface area contributed by atoms with Crippen molar-refractivity contribution in [3.8, 4) is 5.75 Å². The molecule has 1 aromatic carbocycles. The monoisotopic (exact) mass is 312 g/mol. The maximum Gasteiger partial charge on any atom is 0.166 e. The van der Waals surface area contributed by atoms with E-state index in [1.807, 2.05) is 25.1 Å². The Morgan fingerprint density at radius 2 is 2.00 bits per heavy atom. The van der Waals surface area contributed by atoms with Gasteiger partial charge in [-0.3, -0.25) is 4.79 Å². The second kappa shape index (κ2) is 6.37. The lowest BCUT2D eigenvalue weighted by atomic mass is 9.88. The Labute approximate surface area is 118 Å². The molecule has 100 valence electrons. The quantitative estimate of drug-likeness (QED) is 0.726. The highest BCUT2D eigenvalue weighted by Gasteiger charge is 2.17. The van der Waals surface area contributed by atoms with Gasteiger partial charge in [-0.05, 0) is 37.0 Å². The first kappa shape index (κ1) is 15.2. The van der Waals surface area contributed by atoms with Crippen LogP contribution in [0.1, 0.15) is 50.9 Å². The summed E-state index contributed by atoms with van der Waals surface area (Å²) < 4.78 is 6.41. The molecule has 0 aliphatic carbocycles. The summed E-state index contributed by atoms with van der Waals surface area (Å²) in [5, 5.41) is 0. The van der Waals surface area contributed by atoms with Crippen LogP contribution in [0.25, 0.3) is 0 Å². The predicted molar refractivity (Wildman–Crippen MR) is 78.3 cm³/mol. The topological polar surface area (TPSA) is 26.3 Å². The van der Waals surface area contributed by atoms with E-state index in [4.69, 9.17) is 4.74 Å². The number of ketones is 1. The first-order chi connectivity index (χ1) is 8.33. The molecule has 0 N–H and O–H groups in total. The lowest BCUT2D eigenvalue weighted by molar-refractivity contribution is 0.0962. The van der Waals surface area contributed by atoms with Crippen LogP contribution in [0.2, 0.25) is 0 Å². The first-order valence-electron chi connectivity index (χ1n) is 6.29. The third kappa shape index (κ3) is 4.81. The smallest absolute Gasteiger partial charge is 0.166 e. The van der Waals surface area contributed by atoms with Gasteiger partial charge >= 0.3 is 0 Å². The fraction of sp³-hybridized carbons (Fsp3) is 0.533. The van der Waals surface area contributed by atoms with Crippen molar-refractivity contribution in [2.24, 2.45) is 5.41 Å². The van der Waals surface area contributed by atoms with E-state index in [0.717, 1.165) is 10.9 Å². The van der Waals surface area contributed by atoms with Crippen LogP contribution in [0.15, 0.2) is 22.7 Å². The van der Waals surface area contributed by atoms with E-state index in [1.54, 1.807) is 0 Å². The molecule has 0 bridgehead atoms. The molecule has 1 aromatic rings. The number of carbonyl (C=O) groups is 1. The van der Waals surface area contributed by atoms with Crippen LogP contribution in [0, 0.1) is 5.41 Å². The molecule has 0 radical (unpaired) electrons. The predicted octanol–water partition coefficient (Wildman–Crippen LogP) is 4.86. The number of rotatable bonds is 5. The van der Waals surface area contributed by atoms with Gasteiger partial charge in [-0.15, -0.1) is 0 Å². The fourth-order valence-electron chi connectivity index (χ4n) is 1.62. The van der Waals surface area contributed by atoms with Crippen molar-refractivity contribution in [3.05, 3.63) is 28.2 Å². The minimum atomic E-state index is 0.148. The molecule has 0 spiro atoms. The summed E-state index contributed by atoms with van der Waals surface area (Å²) >= 11 is 3.40. The van der Waals surface area contributed by atoms with Gasteiger partial charge in [-0.2, -0.15) is 0 Å². The van der Waals surface area contributed by atoms with Crippen LogP contribution >= 0.6 is 15.9 Å². The number of Topliss-reactive ketones (excluding diaryl/α,β-unsaturated/α-hetero) is 1. The van der Waals surface area contributed by atoms with Gasteiger partial charge in [0.2, 0.25) is 0 Å². The minimum Gasteiger partial charge on any atom is -0.493 e. The lowest BCUT2D eigenvalue weighted by Crippen LogP contribution is -2.10. The lowest BCUT2D eigenvalue weighted by Gasteiger charge is -2.17. The third-order valence-electron chi connectivity index (χ3n) is 2.64. The average Bonchev–Trinajstić information content (AvgIpc) is 2.27. The highest BCUT2D eigenvalue weighted by atomic mass is 79.9. The van der Waals surface area contributed by atoms with Gasteiger partial charge in [0.25, 0.3) is 0 Å². The number of hydrogen-bond acceptors (Lipinski definition) is 2. The molecule has 1 rings (SSSR count). The average molecular weight is 313 g/mol. The molecule has 0 aromatic heterocycles. The SMILES string of the molecule is CCOc1ccc(Br)cc1C(=O)CCC(C)(C)C. The minimum absolute atomic E-state index is 0.148. The van der Waals surface area contributed by atoms with Crippen molar-refractivity contribution in [3.63, 3.8) is 0 Å². The van der Waals surface area contributed by atoms with Crippen molar-refractivity contribution in [1.82, 2.24) is 0 Å². The van der Waals surface area contributed by atoms with Crippen LogP contribution in [0.4, 0.5) is 0 Å². The number of carbonyl (C=O) groups excluding carboxylic acids is 1. The molecule has 0 aliphatic heterocycles. The first-order valence-corrected chi connectivity index (χ1v) is 7.08. The maximum atomic E-state index is 12.2. The Bertz CT molecular complexity index is 419. The zero-order valence-electron chi connectivity index (χ0n) is 11.5. The van der Waals surface area contributed by atoms with Gasteiger partial charge in [0.15, 0.2) is 5.78 Å². The summed E-state index contributed by atoms with van der Waals surface area (Å²) in [5.41, 5.74) is 0.850. The third-order valence-corrected chi connectivity index (χ3v) is 3.14. The summed E-state index contributed by atoms with van der Waals surface area (Å²) in [6.07, 6.45) is 1.43. The van der Waals surface area contributed by atoms with Gasteiger partial charge < -0.3 is 4.74 Å². The van der Waals surface area contributed by atoms with Crippen LogP contribution in [-0.4, -0.2) is 12.4 Å². The summed E-state index contributed by atoms with van der Waals surface area (Å²) in [6, 6.07) is 5.58. The molecule has 0 unspecified atom stereocenters. The largest absolute Gasteiger partial charge is 0.493 e. The van der Waals surface area contributed by atoms with Crippen LogP contribution in [-0.2, 0) is 0 Å². The molecular formula is C15H21BrO2. The number of ether oxygens (including phenoxy) is 1. The second-order valence-electron chi connectivity index (χ2n) is 5.56. The molecule has 0 fully saturated rings. The van der Waals surface area contributed by atoms with Crippen LogP contribution in [0.5, 0.6) is 5.75 Å². The molecule has 0 saturated carbocycles. The molecule has 2 nitrogen and oxygen atoms in total. The molecule has 0 amide bonds. The molecule has 0 heterocycles. The maximum absolute atomic E-state index is 12.2. The van der Waals surface area contributed by atoms with Gasteiger partial charge in [0.05, 0.1) is 12.2 Å². The molecule has 0 saturated heterocycles. The van der Waals surface area contributed by atoms with E-state index < -0.39 is 0 Å². The van der Waals surface area contributed by atoms with E-state index in [0.29, 0.717) is 24.3 Å². The molecular weight excluding hydrogens is 292 g/mol. The summed E-state index contributed by atoms with van der Waals surface area (Å²) in [6.45, 7) is 8.92. The van der Waals surface area contributed by atoms with E-state index in [1.165, 1.54) is 0 Å². The van der Waals surface area contributed by atoms with E-state index in [2.05, 4.69) is 36.7 Å². The highest BCUT2D eigenvalue weighted by molar-refractivity contribution is 9.10. The zero-order chi connectivity index (χ0) is 13.8. The van der Waals surface area contributed by atoms with Gasteiger partial charge in [-0.1, -0.05) is 36.7 Å². The molecule has 3 heteroatoms. The van der Waals surface area contributed by atoms with E-state index in [-0.39, 0.29) is 11.2 Å². The summed E-state index contributed by atoms with van der Waals surface area (Å²) in [7, 11) is 0. The van der Waals surface area contributed by atoms with Crippen molar-refractivity contribution < 1.29 is 9.53 Å². The zero-order valence-corrected chi connectivity index (χ0v) is 13.1. The Hall–Kier alpha value is -0.830. The van der Waals surface area contributed by atoms with Crippen molar-refractivity contribution >= 4 is 21.7 Å². The second-order valence-corrected chi connectivity index (χ2v) is 6.47. The normalized spacial score (nSPS) is 11.4. The molecule has 18 heavy (non-hydrogen) atoms. The van der Waals surface area contributed by atoms with Gasteiger partial charge in [0.1, 0.15) is 5.75 Å². The van der Waals surface area contributed by atoms with Crippen LogP contribution in [0.3, 0.4) is 0 Å². The summed E-state index contributed by atoms with van der Waals surface area (Å²) in [5.74, 6) is 0.828. The van der Waals surface area contributed by atoms with Crippen LogP contribution < -0.4 is 4.74 Å². The Kier molecular flexibility index (Phi) is 5.39. The summed E-state index contributed by atoms with van der Waals surface area (Å²) in [4.78, 5) is 12.2. The number of benzene rings is 1. The Morgan fingerprint density at radius 1 is 1.33 bits per heavy atom. The fourth-order valence-corrected chi connectivity index (χ4v) is 1.99. The number of halogens is 1. The molecule has 0 atom stereocenters. The van der Waals surface area contributed by atoms with Gasteiger partial charge in [0, 0.05) is 10.9 Å². The number of hydrogen-bond donors (Lipinski definition) is 0. The molecule has 0 aliphatic rings. The van der Waals surface area contributed by atoms with Gasteiger partial charge in [-0.25, -0.2) is 0 Å². The highest BCUT2D eigenvalue weighted by Crippen LogP contribution is 2.27. The standard InChI is InChI=1S/C15H21BrO2/c1-5-18-14-7-6-11(16)10-12(14)13(17)8-9-15(2,3)4/h6-7,10H,5,8-9H2,1-4H3.